The van der Waals surface area contributed by atoms with Gasteiger partial charge in [-0.05, 0) is 48.8 Å². The highest BCUT2D eigenvalue weighted by Crippen LogP contribution is 2.21. The van der Waals surface area contributed by atoms with Crippen molar-refractivity contribution in [1.82, 2.24) is 0 Å². The lowest BCUT2D eigenvalue weighted by atomic mass is 9.83. The molecule has 1 rings (SSSR count). The molecule has 1 aromatic carbocycles. The second-order valence-electron chi connectivity index (χ2n) is 7.78. The Labute approximate surface area is 148 Å². The SMILES string of the molecule is CC(C)CCCCCOc1ccc(CCC(N)(CO)C(C)C)cc1. The molecule has 0 amide bonds. The van der Waals surface area contributed by atoms with Crippen LogP contribution in [0.25, 0.3) is 0 Å². The zero-order valence-corrected chi connectivity index (χ0v) is 16.1. The standard InChI is InChI=1S/C21H37NO2/c1-17(2)8-6-5-7-15-24-20-11-9-19(10-12-20)13-14-21(22,16-23)18(3)4/h9-12,17-18,23H,5-8,13-16,22H2,1-4H3. The van der Waals surface area contributed by atoms with Crippen LogP contribution in [-0.4, -0.2) is 23.9 Å². The van der Waals surface area contributed by atoms with Gasteiger partial charge in [0.15, 0.2) is 0 Å². The third kappa shape index (κ3) is 7.67. The molecule has 0 aliphatic heterocycles. The van der Waals surface area contributed by atoms with Crippen molar-refractivity contribution in [3.63, 3.8) is 0 Å². The molecule has 0 aliphatic carbocycles. The molecule has 0 fully saturated rings. The molecule has 0 radical (unpaired) electrons. The molecule has 0 bridgehead atoms. The Kier molecular flexibility index (Phi) is 9.38. The van der Waals surface area contributed by atoms with E-state index in [-0.39, 0.29) is 12.5 Å². The molecular weight excluding hydrogens is 298 g/mol. The first kappa shape index (κ1) is 21.0. The summed E-state index contributed by atoms with van der Waals surface area (Å²) in [4.78, 5) is 0. The van der Waals surface area contributed by atoms with Crippen LogP contribution >= 0.6 is 0 Å². The zero-order valence-electron chi connectivity index (χ0n) is 16.1. The molecule has 24 heavy (non-hydrogen) atoms. The molecule has 3 heteroatoms. The molecule has 0 saturated carbocycles. The van der Waals surface area contributed by atoms with Crippen LogP contribution in [0.4, 0.5) is 0 Å². The van der Waals surface area contributed by atoms with Crippen molar-refractivity contribution < 1.29 is 9.84 Å². The van der Waals surface area contributed by atoms with E-state index in [1.807, 2.05) is 12.1 Å². The fourth-order valence-corrected chi connectivity index (χ4v) is 2.70. The minimum atomic E-state index is -0.495. The van der Waals surface area contributed by atoms with Crippen molar-refractivity contribution >= 4 is 0 Å². The predicted molar refractivity (Wildman–Crippen MR) is 102 cm³/mol. The van der Waals surface area contributed by atoms with Crippen LogP contribution in [0.15, 0.2) is 24.3 Å². The first-order chi connectivity index (χ1) is 11.4. The van der Waals surface area contributed by atoms with E-state index in [9.17, 15) is 5.11 Å². The summed E-state index contributed by atoms with van der Waals surface area (Å²) in [6.45, 7) is 9.50. The van der Waals surface area contributed by atoms with Crippen molar-refractivity contribution in [2.45, 2.75) is 71.8 Å². The predicted octanol–water partition coefficient (Wildman–Crippen LogP) is 4.56. The number of benzene rings is 1. The molecule has 0 saturated heterocycles. The van der Waals surface area contributed by atoms with Gasteiger partial charge in [-0.2, -0.15) is 0 Å². The molecule has 1 atom stereocenters. The number of unbranched alkanes of at least 4 members (excludes halogenated alkanes) is 2. The second kappa shape index (κ2) is 10.7. The lowest BCUT2D eigenvalue weighted by molar-refractivity contribution is 0.146. The monoisotopic (exact) mass is 335 g/mol. The van der Waals surface area contributed by atoms with E-state index in [2.05, 4.69) is 39.8 Å². The van der Waals surface area contributed by atoms with Crippen LogP contribution in [0.2, 0.25) is 0 Å². The van der Waals surface area contributed by atoms with Gasteiger partial charge < -0.3 is 15.6 Å². The first-order valence-electron chi connectivity index (χ1n) is 9.49. The summed E-state index contributed by atoms with van der Waals surface area (Å²) in [6.07, 6.45) is 6.63. The molecule has 3 N–H and O–H groups in total. The molecule has 1 unspecified atom stereocenters. The van der Waals surface area contributed by atoms with Gasteiger partial charge in [0.1, 0.15) is 5.75 Å². The summed E-state index contributed by atoms with van der Waals surface area (Å²) < 4.78 is 5.81. The Morgan fingerprint density at radius 3 is 2.25 bits per heavy atom. The molecule has 138 valence electrons. The van der Waals surface area contributed by atoms with E-state index in [4.69, 9.17) is 10.5 Å². The largest absolute Gasteiger partial charge is 0.494 e. The summed E-state index contributed by atoms with van der Waals surface area (Å²) in [7, 11) is 0. The topological polar surface area (TPSA) is 55.5 Å². The van der Waals surface area contributed by atoms with E-state index in [0.29, 0.717) is 0 Å². The summed E-state index contributed by atoms with van der Waals surface area (Å²) >= 11 is 0. The maximum atomic E-state index is 9.52. The summed E-state index contributed by atoms with van der Waals surface area (Å²) in [5, 5.41) is 9.52. The number of aliphatic hydroxyl groups is 1. The molecule has 1 aromatic rings. The van der Waals surface area contributed by atoms with Gasteiger partial charge in [-0.1, -0.05) is 59.1 Å². The van der Waals surface area contributed by atoms with Gasteiger partial charge in [0.25, 0.3) is 0 Å². The third-order valence-electron chi connectivity index (χ3n) is 4.94. The lowest BCUT2D eigenvalue weighted by Gasteiger charge is -2.31. The van der Waals surface area contributed by atoms with Gasteiger partial charge in [-0.15, -0.1) is 0 Å². The van der Waals surface area contributed by atoms with Gasteiger partial charge in [-0.25, -0.2) is 0 Å². The minimum Gasteiger partial charge on any atom is -0.494 e. The van der Waals surface area contributed by atoms with Gasteiger partial charge in [0.05, 0.1) is 13.2 Å². The third-order valence-corrected chi connectivity index (χ3v) is 4.94. The van der Waals surface area contributed by atoms with Gasteiger partial charge >= 0.3 is 0 Å². The number of hydrogen-bond acceptors (Lipinski definition) is 3. The number of ether oxygens (including phenoxy) is 1. The van der Waals surface area contributed by atoms with Crippen LogP contribution in [0.5, 0.6) is 5.75 Å². The number of hydrogen-bond donors (Lipinski definition) is 2. The maximum absolute atomic E-state index is 9.52. The molecule has 0 spiro atoms. The van der Waals surface area contributed by atoms with Crippen molar-refractivity contribution in [2.24, 2.45) is 17.6 Å². The van der Waals surface area contributed by atoms with Crippen molar-refractivity contribution in [3.05, 3.63) is 29.8 Å². The van der Waals surface area contributed by atoms with Crippen LogP contribution in [-0.2, 0) is 6.42 Å². The first-order valence-corrected chi connectivity index (χ1v) is 9.49. The number of aliphatic hydroxyl groups excluding tert-OH is 1. The second-order valence-corrected chi connectivity index (χ2v) is 7.78. The fourth-order valence-electron chi connectivity index (χ4n) is 2.70. The normalized spacial score (nSPS) is 14.2. The number of rotatable bonds is 12. The molecule has 0 aliphatic rings. The highest BCUT2D eigenvalue weighted by Gasteiger charge is 2.27. The highest BCUT2D eigenvalue weighted by atomic mass is 16.5. The Morgan fingerprint density at radius 1 is 1.04 bits per heavy atom. The summed E-state index contributed by atoms with van der Waals surface area (Å²) in [5.74, 6) is 2.00. The molecule has 0 aromatic heterocycles. The van der Waals surface area contributed by atoms with Crippen molar-refractivity contribution in [1.29, 1.82) is 0 Å². The maximum Gasteiger partial charge on any atom is 0.119 e. The van der Waals surface area contributed by atoms with Crippen LogP contribution in [0, 0.1) is 11.8 Å². The highest BCUT2D eigenvalue weighted by molar-refractivity contribution is 5.27. The van der Waals surface area contributed by atoms with E-state index < -0.39 is 5.54 Å². The van der Waals surface area contributed by atoms with Gasteiger partial charge in [-0.3, -0.25) is 0 Å². The van der Waals surface area contributed by atoms with E-state index in [1.54, 1.807) is 0 Å². The number of aryl methyl sites for hydroxylation is 1. The smallest absolute Gasteiger partial charge is 0.119 e. The Bertz CT molecular complexity index is 442. The molecule has 3 nitrogen and oxygen atoms in total. The van der Waals surface area contributed by atoms with Crippen LogP contribution < -0.4 is 10.5 Å². The van der Waals surface area contributed by atoms with Crippen LogP contribution in [0.1, 0.15) is 65.4 Å². The van der Waals surface area contributed by atoms with E-state index in [1.165, 1.54) is 24.8 Å². The summed E-state index contributed by atoms with van der Waals surface area (Å²) in [5.41, 5.74) is 7.01. The molecule has 0 heterocycles. The zero-order chi connectivity index (χ0) is 18.0. The van der Waals surface area contributed by atoms with Gasteiger partial charge in [0.2, 0.25) is 0 Å². The number of nitrogens with two attached hydrogens (primary N) is 1. The van der Waals surface area contributed by atoms with E-state index >= 15 is 0 Å². The Balaban J connectivity index is 2.30. The minimum absolute atomic E-state index is 0.0304. The quantitative estimate of drug-likeness (QED) is 0.551. The summed E-state index contributed by atoms with van der Waals surface area (Å²) in [6, 6.07) is 8.28. The average molecular weight is 336 g/mol. The fraction of sp³-hybridized carbons (Fsp3) is 0.714. The van der Waals surface area contributed by atoms with Gasteiger partial charge in [0, 0.05) is 5.54 Å². The average Bonchev–Trinajstić information content (AvgIpc) is 2.56. The van der Waals surface area contributed by atoms with Crippen LogP contribution in [0.3, 0.4) is 0 Å². The van der Waals surface area contributed by atoms with Crippen molar-refractivity contribution in [3.8, 4) is 5.75 Å². The Morgan fingerprint density at radius 2 is 1.71 bits per heavy atom. The van der Waals surface area contributed by atoms with Crippen molar-refractivity contribution in [2.75, 3.05) is 13.2 Å². The Hall–Kier alpha value is -1.06. The molecular formula is C21H37NO2. The lowest BCUT2D eigenvalue weighted by Crippen LogP contribution is -2.48. The van der Waals surface area contributed by atoms with E-state index in [0.717, 1.165) is 37.5 Å².